The Morgan fingerprint density at radius 2 is 0.568 bits per heavy atom. The van der Waals surface area contributed by atoms with E-state index in [-0.39, 0.29) is 10.8 Å². The first-order valence-corrected chi connectivity index (χ1v) is 53.1. The fraction of sp³-hybridized carbons (Fsp3) is 0.457. The van der Waals surface area contributed by atoms with Crippen LogP contribution in [0.5, 0.6) is 0 Å². The molecule has 7 aromatic rings. The molecule has 0 saturated heterocycles. The van der Waals surface area contributed by atoms with Crippen molar-refractivity contribution in [2.24, 2.45) is 0 Å². The summed E-state index contributed by atoms with van der Waals surface area (Å²) in [6, 6.07) is 52.1. The van der Waals surface area contributed by atoms with E-state index in [4.69, 9.17) is 0 Å². The van der Waals surface area contributed by atoms with Crippen LogP contribution in [0.1, 0.15) is 197 Å². The van der Waals surface area contributed by atoms with Crippen molar-refractivity contribution in [1.82, 2.24) is 0 Å². The van der Waals surface area contributed by atoms with E-state index in [1.54, 1.807) is 42.3 Å². The SMILES string of the molecule is CCCCCCc1ccc(C2(c3ccc(CCCCCC)cc3)c3cc4c(cc3-c3[se][c]([Sn]([CH3])([CH3])[CH3])cc32)C(c2ccc(CCCCCC)cc2)(c2ccc(CCCCCC)cc2)c2c[c]([Sn]([CH3])([CH3])[CH3])[se]c2-4)cc1. The van der Waals surface area contributed by atoms with Gasteiger partial charge in [-0.2, -0.15) is 0 Å². The Morgan fingerprint density at radius 1 is 0.311 bits per heavy atom. The number of aryl methyl sites for hydroxylation is 4. The zero-order chi connectivity index (χ0) is 52.1. The molecule has 2 aliphatic carbocycles. The first-order valence-electron chi connectivity index (χ1n) is 29.7. The zero-order valence-corrected chi connectivity index (χ0v) is 56.6. The minimum atomic E-state index is -2.52. The molecule has 5 aromatic carbocycles. The Kier molecular flexibility index (Phi) is 18.9. The third kappa shape index (κ3) is 11.4. The van der Waals surface area contributed by atoms with Gasteiger partial charge >= 0.3 is 448 Å². The Labute approximate surface area is 470 Å². The zero-order valence-electron chi connectivity index (χ0n) is 47.5. The summed E-state index contributed by atoms with van der Waals surface area (Å²) in [6.07, 6.45) is 25.5. The Hall–Kier alpha value is -2.30. The van der Waals surface area contributed by atoms with Crippen LogP contribution in [0.15, 0.2) is 121 Å². The molecule has 0 atom stereocenters. The molecule has 9 rings (SSSR count). The van der Waals surface area contributed by atoms with Crippen LogP contribution in [-0.4, -0.2) is 65.8 Å². The van der Waals surface area contributed by atoms with Crippen molar-refractivity contribution in [1.29, 1.82) is 0 Å². The minimum absolute atomic E-state index is 0.292. The number of rotatable bonds is 26. The molecule has 0 radical (unpaired) electrons. The molecule has 0 saturated carbocycles. The molecule has 2 heterocycles. The molecule has 0 unspecified atom stereocenters. The van der Waals surface area contributed by atoms with E-state index >= 15 is 0 Å². The van der Waals surface area contributed by atoms with Crippen molar-refractivity contribution in [3.8, 4) is 20.0 Å². The Bertz CT molecular complexity index is 2620. The van der Waals surface area contributed by atoms with E-state index < -0.39 is 36.8 Å². The van der Waals surface area contributed by atoms with Gasteiger partial charge in [0.1, 0.15) is 0 Å². The van der Waals surface area contributed by atoms with Gasteiger partial charge in [-0.1, -0.05) is 27.7 Å². The summed E-state index contributed by atoms with van der Waals surface area (Å²) >= 11 is -4.45. The maximum atomic E-state index is 2.84. The first kappa shape index (κ1) is 56.4. The molecule has 0 spiro atoms. The summed E-state index contributed by atoms with van der Waals surface area (Å²) in [5.74, 6) is 0. The molecular formula is C70H90Se2Sn2. The Balaban J connectivity index is 1.31. The van der Waals surface area contributed by atoms with Gasteiger partial charge in [0.05, 0.1) is 0 Å². The fourth-order valence-corrected chi connectivity index (χ4v) is 33.5. The molecule has 2 aromatic heterocycles. The molecule has 0 N–H and O–H groups in total. The van der Waals surface area contributed by atoms with Crippen molar-refractivity contribution in [3.05, 3.63) is 188 Å². The quantitative estimate of drug-likeness (QED) is 0.0374. The Morgan fingerprint density at radius 3 is 0.797 bits per heavy atom. The number of hydrogen-bond acceptors (Lipinski definition) is 0. The molecule has 2 aliphatic rings. The van der Waals surface area contributed by atoms with Crippen LogP contribution in [0.25, 0.3) is 20.0 Å². The van der Waals surface area contributed by atoms with Gasteiger partial charge in [-0.15, -0.1) is 0 Å². The van der Waals surface area contributed by atoms with Crippen molar-refractivity contribution < 1.29 is 0 Å². The van der Waals surface area contributed by atoms with Crippen LogP contribution in [0, 0.1) is 0 Å². The normalized spacial score (nSPS) is 14.3. The molecule has 390 valence electrons. The monoisotopic (exact) mass is 1330 g/mol. The molecule has 0 amide bonds. The van der Waals surface area contributed by atoms with Crippen LogP contribution in [0.4, 0.5) is 0 Å². The van der Waals surface area contributed by atoms with Crippen LogP contribution in [-0.2, 0) is 36.5 Å². The molecule has 74 heavy (non-hydrogen) atoms. The second kappa shape index (κ2) is 24.8. The summed E-state index contributed by atoms with van der Waals surface area (Å²) in [4.78, 5) is 16.0. The van der Waals surface area contributed by atoms with Gasteiger partial charge in [0, 0.05) is 0 Å². The topological polar surface area (TPSA) is 0 Å². The summed E-state index contributed by atoms with van der Waals surface area (Å²) in [5.41, 5.74) is 20.4. The predicted octanol–water partition coefficient (Wildman–Crippen LogP) is 18.1. The first-order chi connectivity index (χ1) is 35.8. The van der Waals surface area contributed by atoms with Crippen molar-refractivity contribution in [2.75, 3.05) is 0 Å². The number of unbranched alkanes of at least 4 members (excludes halogenated alkanes) is 12. The molecule has 4 heteroatoms. The number of fused-ring (bicyclic) bond motifs is 6. The second-order valence-corrected chi connectivity index (χ2v) is 62.5. The van der Waals surface area contributed by atoms with Gasteiger partial charge in [0.25, 0.3) is 0 Å². The second-order valence-electron chi connectivity index (χ2n) is 24.7. The molecule has 0 bridgehead atoms. The predicted molar refractivity (Wildman–Crippen MR) is 332 cm³/mol. The van der Waals surface area contributed by atoms with Crippen molar-refractivity contribution in [3.63, 3.8) is 0 Å². The van der Waals surface area contributed by atoms with Crippen LogP contribution < -0.4 is 4.91 Å². The average Bonchev–Trinajstić information content (AvgIpc) is 4.19. The molecule has 0 aliphatic heterocycles. The van der Waals surface area contributed by atoms with Crippen molar-refractivity contribution in [2.45, 2.75) is 197 Å². The van der Waals surface area contributed by atoms with E-state index in [0.29, 0.717) is 29.0 Å². The van der Waals surface area contributed by atoms with E-state index in [1.807, 2.05) is 4.91 Å². The van der Waals surface area contributed by atoms with Crippen LogP contribution in [0.3, 0.4) is 0 Å². The van der Waals surface area contributed by atoms with E-state index in [9.17, 15) is 0 Å². The fourth-order valence-electron chi connectivity index (χ4n) is 12.7. The maximum absolute atomic E-state index is 2.84. The summed E-state index contributed by atoms with van der Waals surface area (Å²) in [7, 11) is 0. The van der Waals surface area contributed by atoms with Gasteiger partial charge in [0.2, 0.25) is 0 Å². The molecule has 0 fully saturated rings. The average molecular weight is 1330 g/mol. The van der Waals surface area contributed by atoms with Gasteiger partial charge < -0.3 is 0 Å². The third-order valence-electron chi connectivity index (χ3n) is 17.0. The number of benzene rings is 5. The van der Waals surface area contributed by atoms with Gasteiger partial charge in [-0.25, -0.2) is 0 Å². The van der Waals surface area contributed by atoms with Crippen LogP contribution >= 0.6 is 0 Å². The van der Waals surface area contributed by atoms with E-state index in [2.05, 4.69) is 179 Å². The van der Waals surface area contributed by atoms with E-state index in [1.165, 1.54) is 173 Å². The molecule has 0 nitrogen and oxygen atoms in total. The summed E-state index contributed by atoms with van der Waals surface area (Å²) in [5, 5.41) is 0. The number of hydrogen-bond donors (Lipinski definition) is 0. The van der Waals surface area contributed by atoms with Crippen molar-refractivity contribution >= 4 is 70.7 Å². The van der Waals surface area contributed by atoms with Gasteiger partial charge in [0.15, 0.2) is 0 Å². The van der Waals surface area contributed by atoms with Gasteiger partial charge in [-0.05, 0) is 0 Å². The summed E-state index contributed by atoms with van der Waals surface area (Å²) < 4.78 is 7.00. The standard InChI is InChI=1S/C64H72Se2.6CH3.2Sn/c1-5-9-13-17-21-47-25-33-51(34-26-47)63(52-35-27-48(28-36-52)22-18-14-10-6-2)57-41-43-65-61(57)55-46-60-56(45-59(55)63)62-58(42-44-66-62)64(60,53-37-29-49(30-38-53)23-19-15-11-7-3)54-39-31-50(32-40-54)24-20-16-12-8-4;;;;;;;;/h25-42,45-46H,5-24H2,1-4H3;6*1H3;;. The van der Waals surface area contributed by atoms with Gasteiger partial charge in [-0.3, -0.25) is 0 Å². The molecular weight excluding hydrogens is 1240 g/mol. The third-order valence-corrected chi connectivity index (χ3v) is 50.7. The summed E-state index contributed by atoms with van der Waals surface area (Å²) in [6.45, 7) is 9.31. The van der Waals surface area contributed by atoms with Crippen LogP contribution in [0.2, 0.25) is 29.6 Å². The van der Waals surface area contributed by atoms with E-state index in [0.717, 1.165) is 0 Å².